The summed E-state index contributed by atoms with van der Waals surface area (Å²) >= 11 is 1.30. The molecule has 1 aromatic rings. The van der Waals surface area contributed by atoms with Crippen LogP contribution in [0.4, 0.5) is 0 Å². The first-order chi connectivity index (χ1) is 9.45. The van der Waals surface area contributed by atoms with Gasteiger partial charge in [-0.1, -0.05) is 19.4 Å². The Morgan fingerprint density at radius 1 is 1.45 bits per heavy atom. The van der Waals surface area contributed by atoms with E-state index in [1.54, 1.807) is 17.5 Å². The largest absolute Gasteiger partial charge is 0.480 e. The Morgan fingerprint density at radius 3 is 2.65 bits per heavy atom. The number of aliphatic carboxylic acids is 1. The number of carboxylic acid groups (broad SMARTS) is 1. The lowest BCUT2D eigenvalue weighted by Crippen LogP contribution is -2.45. The van der Waals surface area contributed by atoms with E-state index >= 15 is 0 Å². The number of hydrogen-bond acceptors (Lipinski definition) is 4. The summed E-state index contributed by atoms with van der Waals surface area (Å²) in [4.78, 5) is 36.4. The molecule has 7 heteroatoms. The van der Waals surface area contributed by atoms with Crippen LogP contribution in [0.1, 0.15) is 29.4 Å². The molecule has 0 saturated carbocycles. The van der Waals surface area contributed by atoms with Crippen molar-refractivity contribution >= 4 is 29.1 Å². The third-order valence-corrected chi connectivity index (χ3v) is 3.53. The maximum atomic E-state index is 11.9. The topological polar surface area (TPSA) is 86.7 Å². The van der Waals surface area contributed by atoms with E-state index < -0.39 is 17.9 Å². The predicted molar refractivity (Wildman–Crippen MR) is 75.8 cm³/mol. The average molecular weight is 298 g/mol. The highest BCUT2D eigenvalue weighted by Crippen LogP contribution is 2.10. The minimum Gasteiger partial charge on any atom is -0.480 e. The molecule has 0 aliphatic carbocycles. The standard InChI is InChI=1S/C13H18N2O4S/c1-3-5-9(13(18)19)14-11(16)8-15(2)12(17)10-6-4-7-20-10/h4,6-7,9H,3,5,8H2,1-2H3,(H,14,16)(H,18,19)/t9-/m1/s1. The molecule has 0 aliphatic heterocycles. The Bertz CT molecular complexity index is 473. The third-order valence-electron chi connectivity index (χ3n) is 2.67. The van der Waals surface area contributed by atoms with Crippen molar-refractivity contribution in [1.82, 2.24) is 10.2 Å². The Hall–Kier alpha value is -1.89. The van der Waals surface area contributed by atoms with E-state index in [2.05, 4.69) is 5.32 Å². The summed E-state index contributed by atoms with van der Waals surface area (Å²) in [5.41, 5.74) is 0. The summed E-state index contributed by atoms with van der Waals surface area (Å²) in [5, 5.41) is 13.2. The minimum atomic E-state index is -1.06. The van der Waals surface area contributed by atoms with Gasteiger partial charge in [0, 0.05) is 7.05 Å². The smallest absolute Gasteiger partial charge is 0.326 e. The molecular formula is C13H18N2O4S. The molecule has 2 N–H and O–H groups in total. The number of thiophene rings is 1. The lowest BCUT2D eigenvalue weighted by atomic mass is 10.1. The number of nitrogens with one attached hydrogen (secondary N) is 1. The normalized spacial score (nSPS) is 11.7. The van der Waals surface area contributed by atoms with Crippen molar-refractivity contribution in [2.45, 2.75) is 25.8 Å². The van der Waals surface area contributed by atoms with Gasteiger partial charge in [-0.2, -0.15) is 0 Å². The molecule has 0 aromatic carbocycles. The molecule has 0 bridgehead atoms. The lowest BCUT2D eigenvalue weighted by Gasteiger charge is -2.18. The number of amides is 2. The molecule has 1 atom stereocenters. The number of carbonyl (C=O) groups excluding carboxylic acids is 2. The van der Waals surface area contributed by atoms with Crippen LogP contribution in [0, 0.1) is 0 Å². The summed E-state index contributed by atoms with van der Waals surface area (Å²) in [5.74, 6) is -1.79. The van der Waals surface area contributed by atoms with Crippen molar-refractivity contribution in [3.05, 3.63) is 22.4 Å². The van der Waals surface area contributed by atoms with Crippen molar-refractivity contribution in [1.29, 1.82) is 0 Å². The van der Waals surface area contributed by atoms with Gasteiger partial charge in [0.25, 0.3) is 5.91 Å². The molecule has 0 spiro atoms. The average Bonchev–Trinajstić information content (AvgIpc) is 2.90. The van der Waals surface area contributed by atoms with E-state index in [9.17, 15) is 14.4 Å². The molecule has 1 heterocycles. The van der Waals surface area contributed by atoms with Gasteiger partial charge in [0.2, 0.25) is 5.91 Å². The van der Waals surface area contributed by atoms with Crippen molar-refractivity contribution in [2.75, 3.05) is 13.6 Å². The molecule has 6 nitrogen and oxygen atoms in total. The molecular weight excluding hydrogens is 280 g/mol. The van der Waals surface area contributed by atoms with E-state index in [-0.39, 0.29) is 12.5 Å². The van der Waals surface area contributed by atoms with E-state index in [1.807, 2.05) is 6.92 Å². The van der Waals surface area contributed by atoms with Gasteiger partial charge in [-0.05, 0) is 17.9 Å². The van der Waals surface area contributed by atoms with Gasteiger partial charge in [0.1, 0.15) is 6.04 Å². The van der Waals surface area contributed by atoms with Crippen LogP contribution in [0.15, 0.2) is 17.5 Å². The quantitative estimate of drug-likeness (QED) is 0.791. The van der Waals surface area contributed by atoms with Crippen LogP contribution in [0.25, 0.3) is 0 Å². The van der Waals surface area contributed by atoms with Crippen LogP contribution in [-0.4, -0.2) is 47.4 Å². The first kappa shape index (κ1) is 16.2. The van der Waals surface area contributed by atoms with Crippen molar-refractivity contribution in [3.63, 3.8) is 0 Å². The second-order valence-electron chi connectivity index (χ2n) is 4.39. The zero-order chi connectivity index (χ0) is 15.1. The molecule has 1 rings (SSSR count). The number of hydrogen-bond donors (Lipinski definition) is 2. The Balaban J connectivity index is 2.53. The van der Waals surface area contributed by atoms with E-state index in [1.165, 1.54) is 23.3 Å². The van der Waals surface area contributed by atoms with Gasteiger partial charge in [0.15, 0.2) is 0 Å². The fraction of sp³-hybridized carbons (Fsp3) is 0.462. The van der Waals surface area contributed by atoms with E-state index in [0.29, 0.717) is 17.7 Å². The highest BCUT2D eigenvalue weighted by Gasteiger charge is 2.21. The Labute approximate surface area is 121 Å². The SMILES string of the molecule is CCC[C@@H](NC(=O)CN(C)C(=O)c1cccs1)C(=O)O. The molecule has 2 amide bonds. The number of nitrogens with zero attached hydrogens (tertiary/aromatic N) is 1. The maximum Gasteiger partial charge on any atom is 0.326 e. The van der Waals surface area contributed by atoms with Crippen LogP contribution >= 0.6 is 11.3 Å². The molecule has 0 aliphatic rings. The fourth-order valence-corrected chi connectivity index (χ4v) is 2.38. The van der Waals surface area contributed by atoms with Gasteiger partial charge >= 0.3 is 5.97 Å². The monoisotopic (exact) mass is 298 g/mol. The van der Waals surface area contributed by atoms with Crippen molar-refractivity contribution < 1.29 is 19.5 Å². The first-order valence-corrected chi connectivity index (χ1v) is 7.14. The Kier molecular flexibility index (Phi) is 6.17. The molecule has 0 radical (unpaired) electrons. The third kappa shape index (κ3) is 4.65. The van der Waals surface area contributed by atoms with Gasteiger partial charge in [-0.25, -0.2) is 4.79 Å². The van der Waals surface area contributed by atoms with E-state index in [4.69, 9.17) is 5.11 Å². The molecule has 0 saturated heterocycles. The van der Waals surface area contributed by atoms with Gasteiger partial charge in [-0.3, -0.25) is 9.59 Å². The van der Waals surface area contributed by atoms with Crippen LogP contribution in [0.2, 0.25) is 0 Å². The zero-order valence-electron chi connectivity index (χ0n) is 11.5. The minimum absolute atomic E-state index is 0.162. The number of likely N-dealkylation sites (N-methyl/N-ethyl adjacent to an activating group) is 1. The Morgan fingerprint density at radius 2 is 2.15 bits per heavy atom. The highest BCUT2D eigenvalue weighted by molar-refractivity contribution is 7.12. The fourth-order valence-electron chi connectivity index (χ4n) is 1.66. The highest BCUT2D eigenvalue weighted by atomic mass is 32.1. The summed E-state index contributed by atoms with van der Waals surface area (Å²) < 4.78 is 0. The van der Waals surface area contributed by atoms with Gasteiger partial charge < -0.3 is 15.3 Å². The lowest BCUT2D eigenvalue weighted by molar-refractivity contribution is -0.142. The summed E-state index contributed by atoms with van der Waals surface area (Å²) in [6, 6.07) is 2.53. The molecule has 110 valence electrons. The van der Waals surface area contributed by atoms with Crippen LogP contribution in [-0.2, 0) is 9.59 Å². The number of carbonyl (C=O) groups is 3. The summed E-state index contributed by atoms with van der Waals surface area (Å²) in [6.07, 6.45) is 1.02. The second-order valence-corrected chi connectivity index (χ2v) is 5.33. The summed E-state index contributed by atoms with van der Waals surface area (Å²) in [6.45, 7) is 1.68. The first-order valence-electron chi connectivity index (χ1n) is 6.26. The molecule has 20 heavy (non-hydrogen) atoms. The number of carboxylic acids is 1. The predicted octanol–water partition coefficient (Wildman–Crippen LogP) is 1.19. The maximum absolute atomic E-state index is 11.9. The van der Waals surface area contributed by atoms with Crippen LogP contribution in [0.3, 0.4) is 0 Å². The zero-order valence-corrected chi connectivity index (χ0v) is 12.3. The van der Waals surface area contributed by atoms with E-state index in [0.717, 1.165) is 0 Å². The van der Waals surface area contributed by atoms with Crippen LogP contribution < -0.4 is 5.32 Å². The second kappa shape index (κ2) is 7.64. The van der Waals surface area contributed by atoms with Crippen molar-refractivity contribution in [3.8, 4) is 0 Å². The summed E-state index contributed by atoms with van der Waals surface area (Å²) in [7, 11) is 1.51. The molecule has 0 fully saturated rings. The van der Waals surface area contributed by atoms with Gasteiger partial charge in [0.05, 0.1) is 11.4 Å². The molecule has 0 unspecified atom stereocenters. The number of rotatable bonds is 7. The van der Waals surface area contributed by atoms with Crippen LogP contribution in [0.5, 0.6) is 0 Å². The van der Waals surface area contributed by atoms with Gasteiger partial charge in [-0.15, -0.1) is 11.3 Å². The molecule has 1 aromatic heterocycles. The van der Waals surface area contributed by atoms with Crippen molar-refractivity contribution in [2.24, 2.45) is 0 Å².